The van der Waals surface area contributed by atoms with Gasteiger partial charge in [-0.3, -0.25) is 14.5 Å². The number of aliphatic carboxylic acids is 2. The number of carboxylic acid groups (broad SMARTS) is 2. The van der Waals surface area contributed by atoms with Crippen LogP contribution in [-0.4, -0.2) is 57.9 Å². The Kier molecular flexibility index (Phi) is 4.21. The van der Waals surface area contributed by atoms with E-state index in [0.717, 1.165) is 0 Å². The summed E-state index contributed by atoms with van der Waals surface area (Å²) in [5.41, 5.74) is 0.532. The summed E-state index contributed by atoms with van der Waals surface area (Å²) in [5, 5.41) is 28.0. The molecule has 0 aliphatic carbocycles. The van der Waals surface area contributed by atoms with Crippen molar-refractivity contribution in [3.8, 4) is 5.75 Å². The zero-order valence-electron chi connectivity index (χ0n) is 10.6. The Hall–Kier alpha value is -2.12. The number of rotatable bonds is 5. The number of aliphatic hydroxyl groups excluding tert-OH is 1. The molecule has 0 spiro atoms. The summed E-state index contributed by atoms with van der Waals surface area (Å²) < 4.78 is 5.46. The second kappa shape index (κ2) is 5.89. The van der Waals surface area contributed by atoms with Crippen LogP contribution in [0.5, 0.6) is 5.75 Å². The van der Waals surface area contributed by atoms with E-state index in [-0.39, 0.29) is 6.61 Å². The summed E-state index contributed by atoms with van der Waals surface area (Å²) in [4.78, 5) is 22.8. The predicted molar refractivity (Wildman–Crippen MR) is 67.5 cm³/mol. The highest BCUT2D eigenvalue weighted by Crippen LogP contribution is 2.33. The lowest BCUT2D eigenvalue weighted by Crippen LogP contribution is -2.49. The van der Waals surface area contributed by atoms with Gasteiger partial charge in [-0.25, -0.2) is 0 Å². The lowest BCUT2D eigenvalue weighted by atomic mass is 9.98. The van der Waals surface area contributed by atoms with Crippen LogP contribution in [-0.2, 0) is 9.59 Å². The number of carboxylic acids is 2. The zero-order chi connectivity index (χ0) is 14.7. The van der Waals surface area contributed by atoms with Crippen molar-refractivity contribution in [1.82, 2.24) is 4.90 Å². The molecule has 20 heavy (non-hydrogen) atoms. The molecule has 7 nitrogen and oxygen atoms in total. The highest BCUT2D eigenvalue weighted by molar-refractivity contribution is 5.72. The van der Waals surface area contributed by atoms with Crippen LogP contribution >= 0.6 is 0 Å². The molecule has 1 heterocycles. The van der Waals surface area contributed by atoms with Gasteiger partial charge in [0.05, 0.1) is 19.1 Å². The van der Waals surface area contributed by atoms with E-state index in [9.17, 15) is 14.7 Å². The van der Waals surface area contributed by atoms with E-state index in [1.807, 2.05) is 0 Å². The first-order valence-corrected chi connectivity index (χ1v) is 6.06. The molecule has 3 N–H and O–H groups in total. The summed E-state index contributed by atoms with van der Waals surface area (Å²) in [5.74, 6) is -1.78. The number of para-hydroxylation sites is 1. The third kappa shape index (κ3) is 3.06. The Morgan fingerprint density at radius 3 is 2.40 bits per heavy atom. The Bertz CT molecular complexity index is 501. The van der Waals surface area contributed by atoms with Gasteiger partial charge in [0.15, 0.2) is 0 Å². The van der Waals surface area contributed by atoms with Crippen LogP contribution in [0.3, 0.4) is 0 Å². The van der Waals surface area contributed by atoms with Crippen molar-refractivity contribution in [2.75, 3.05) is 19.7 Å². The van der Waals surface area contributed by atoms with Gasteiger partial charge in [-0.2, -0.15) is 0 Å². The number of aliphatic hydroxyl groups is 1. The quantitative estimate of drug-likeness (QED) is 0.694. The maximum absolute atomic E-state index is 10.8. The van der Waals surface area contributed by atoms with Crippen molar-refractivity contribution in [2.24, 2.45) is 0 Å². The number of benzene rings is 1. The molecule has 0 bridgehead atoms. The highest BCUT2D eigenvalue weighted by atomic mass is 16.5. The van der Waals surface area contributed by atoms with Crippen molar-refractivity contribution in [1.29, 1.82) is 0 Å². The predicted octanol–water partition coefficient (Wildman–Crippen LogP) is -0.0478. The van der Waals surface area contributed by atoms with Crippen molar-refractivity contribution >= 4 is 11.9 Å². The normalized spacial score (nSPS) is 21.1. The van der Waals surface area contributed by atoms with Crippen molar-refractivity contribution in [2.45, 2.75) is 12.1 Å². The standard InChI is InChI=1S/C13H15NO6/c15-11(16)5-14(6-12(17)18)9-7-20-10-4-2-1-3-8(10)13(9)19/h1-4,9,13,19H,5-7H2,(H,15,16)(H,17,18). The fourth-order valence-corrected chi connectivity index (χ4v) is 2.27. The van der Waals surface area contributed by atoms with Gasteiger partial charge in [0.1, 0.15) is 18.5 Å². The largest absolute Gasteiger partial charge is 0.491 e. The van der Waals surface area contributed by atoms with E-state index >= 15 is 0 Å². The van der Waals surface area contributed by atoms with E-state index in [2.05, 4.69) is 0 Å². The molecule has 2 rings (SSSR count). The number of nitrogens with zero attached hydrogens (tertiary/aromatic N) is 1. The summed E-state index contributed by atoms with van der Waals surface area (Å²) in [6.07, 6.45) is -0.987. The monoisotopic (exact) mass is 281 g/mol. The van der Waals surface area contributed by atoms with Crippen LogP contribution in [0.25, 0.3) is 0 Å². The maximum Gasteiger partial charge on any atom is 0.317 e. The van der Waals surface area contributed by atoms with Crippen LogP contribution in [0.4, 0.5) is 0 Å². The van der Waals surface area contributed by atoms with Crippen molar-refractivity contribution < 1.29 is 29.6 Å². The molecule has 2 atom stereocenters. The van der Waals surface area contributed by atoms with E-state index in [1.54, 1.807) is 24.3 Å². The number of carbonyl (C=O) groups is 2. The van der Waals surface area contributed by atoms with Gasteiger partial charge in [-0.1, -0.05) is 18.2 Å². The fraction of sp³-hybridized carbons (Fsp3) is 0.385. The molecule has 0 saturated carbocycles. The lowest BCUT2D eigenvalue weighted by molar-refractivity contribution is -0.144. The molecular weight excluding hydrogens is 266 g/mol. The average Bonchev–Trinajstić information content (AvgIpc) is 2.37. The lowest BCUT2D eigenvalue weighted by Gasteiger charge is -2.36. The molecule has 1 aliphatic rings. The summed E-state index contributed by atoms with van der Waals surface area (Å²) >= 11 is 0. The molecule has 0 saturated heterocycles. The molecule has 108 valence electrons. The third-order valence-electron chi connectivity index (χ3n) is 3.16. The SMILES string of the molecule is O=C(O)CN(CC(=O)O)C1COc2ccccc2C1O. The topological polar surface area (TPSA) is 107 Å². The van der Waals surface area contributed by atoms with Crippen LogP contribution in [0, 0.1) is 0 Å². The Morgan fingerprint density at radius 1 is 1.20 bits per heavy atom. The Labute approximate surface area is 115 Å². The molecule has 2 unspecified atom stereocenters. The first-order chi connectivity index (χ1) is 9.49. The Balaban J connectivity index is 2.22. The summed E-state index contributed by atoms with van der Waals surface area (Å²) in [7, 11) is 0. The average molecular weight is 281 g/mol. The maximum atomic E-state index is 10.8. The van der Waals surface area contributed by atoms with Gasteiger partial charge in [0.25, 0.3) is 0 Å². The smallest absolute Gasteiger partial charge is 0.317 e. The molecule has 1 aromatic carbocycles. The van der Waals surface area contributed by atoms with E-state index in [1.165, 1.54) is 4.90 Å². The van der Waals surface area contributed by atoms with Crippen LogP contribution in [0.2, 0.25) is 0 Å². The second-order valence-corrected chi connectivity index (χ2v) is 4.55. The van der Waals surface area contributed by atoms with Gasteiger partial charge in [-0.15, -0.1) is 0 Å². The fourth-order valence-electron chi connectivity index (χ4n) is 2.27. The van der Waals surface area contributed by atoms with Crippen LogP contribution < -0.4 is 4.74 Å². The molecule has 1 aliphatic heterocycles. The first-order valence-electron chi connectivity index (χ1n) is 6.06. The minimum absolute atomic E-state index is 0.0404. The molecule has 0 aromatic heterocycles. The Morgan fingerprint density at radius 2 is 1.80 bits per heavy atom. The molecule has 0 amide bonds. The molecule has 1 aromatic rings. The third-order valence-corrected chi connectivity index (χ3v) is 3.16. The number of fused-ring (bicyclic) bond motifs is 1. The van der Waals surface area contributed by atoms with Gasteiger partial charge in [-0.05, 0) is 6.07 Å². The van der Waals surface area contributed by atoms with Gasteiger partial charge in [0.2, 0.25) is 0 Å². The molecule has 0 fully saturated rings. The second-order valence-electron chi connectivity index (χ2n) is 4.55. The summed E-state index contributed by atoms with van der Waals surface area (Å²) in [6, 6.07) is 6.15. The van der Waals surface area contributed by atoms with Crippen molar-refractivity contribution in [3.05, 3.63) is 29.8 Å². The van der Waals surface area contributed by atoms with Crippen LogP contribution in [0.15, 0.2) is 24.3 Å². The molecule has 0 radical (unpaired) electrons. The van der Waals surface area contributed by atoms with E-state index in [4.69, 9.17) is 14.9 Å². The number of hydrogen-bond acceptors (Lipinski definition) is 5. The van der Waals surface area contributed by atoms with E-state index in [0.29, 0.717) is 11.3 Å². The number of ether oxygens (including phenoxy) is 1. The number of hydrogen-bond donors (Lipinski definition) is 3. The van der Waals surface area contributed by atoms with Gasteiger partial charge >= 0.3 is 11.9 Å². The van der Waals surface area contributed by atoms with Gasteiger partial charge < -0.3 is 20.1 Å². The summed E-state index contributed by atoms with van der Waals surface area (Å²) in [6.45, 7) is -0.905. The minimum Gasteiger partial charge on any atom is -0.491 e. The minimum atomic E-state index is -1.16. The van der Waals surface area contributed by atoms with Crippen LogP contribution in [0.1, 0.15) is 11.7 Å². The zero-order valence-corrected chi connectivity index (χ0v) is 10.6. The molecular formula is C13H15NO6. The first kappa shape index (κ1) is 14.3. The molecule has 7 heteroatoms. The van der Waals surface area contributed by atoms with Crippen molar-refractivity contribution in [3.63, 3.8) is 0 Å². The highest BCUT2D eigenvalue weighted by Gasteiger charge is 2.35. The van der Waals surface area contributed by atoms with Gasteiger partial charge in [0, 0.05) is 5.56 Å². The van der Waals surface area contributed by atoms with E-state index < -0.39 is 37.2 Å².